The topological polar surface area (TPSA) is 15.8 Å². The highest BCUT2D eigenvalue weighted by atomic mass is 14.7. The van der Waals surface area contributed by atoms with Crippen LogP contribution in [0.5, 0.6) is 0 Å². The first-order chi connectivity index (χ1) is 12.7. The van der Waals surface area contributed by atoms with Gasteiger partial charge in [0.05, 0.1) is 0 Å². The fraction of sp³-hybridized carbons (Fsp3) is 0.160. The van der Waals surface area contributed by atoms with Gasteiger partial charge in [-0.3, -0.25) is 0 Å². The smallest absolute Gasteiger partial charge is 0.0456 e. The molecule has 0 saturated carbocycles. The second kappa shape index (κ2) is 7.21. The van der Waals surface area contributed by atoms with E-state index in [0.717, 1.165) is 19.3 Å². The van der Waals surface area contributed by atoms with Crippen LogP contribution in [0.15, 0.2) is 91.1 Å². The highest BCUT2D eigenvalue weighted by molar-refractivity contribution is 5.83. The molecule has 0 fully saturated rings. The maximum absolute atomic E-state index is 4.72. The van der Waals surface area contributed by atoms with Crippen LogP contribution in [0.3, 0.4) is 0 Å². The Morgan fingerprint density at radius 3 is 2.19 bits per heavy atom. The molecule has 0 aliphatic heterocycles. The SMILES string of the molecule is [CH2]C(CCc1ccccc1)(Cc1c[nH]c2ccccc12)c1ccccc1. The van der Waals surface area contributed by atoms with Crippen molar-refractivity contribution < 1.29 is 0 Å². The Hall–Kier alpha value is -2.80. The van der Waals surface area contributed by atoms with Crippen molar-refractivity contribution in [1.29, 1.82) is 0 Å². The van der Waals surface area contributed by atoms with Crippen molar-refractivity contribution in [1.82, 2.24) is 4.98 Å². The number of nitrogens with one attached hydrogen (secondary N) is 1. The molecule has 1 heterocycles. The van der Waals surface area contributed by atoms with Crippen LogP contribution in [0.4, 0.5) is 0 Å². The number of hydrogen-bond donors (Lipinski definition) is 1. The Balaban J connectivity index is 1.66. The molecule has 0 spiro atoms. The first-order valence-corrected chi connectivity index (χ1v) is 9.24. The van der Waals surface area contributed by atoms with Crippen molar-refractivity contribution in [2.45, 2.75) is 24.7 Å². The van der Waals surface area contributed by atoms with Crippen molar-refractivity contribution >= 4 is 10.9 Å². The molecule has 1 radical (unpaired) electrons. The van der Waals surface area contributed by atoms with Crippen LogP contribution in [0.2, 0.25) is 0 Å². The summed E-state index contributed by atoms with van der Waals surface area (Å²) in [4.78, 5) is 3.41. The fourth-order valence-electron chi connectivity index (χ4n) is 3.80. The summed E-state index contributed by atoms with van der Waals surface area (Å²) in [5, 5.41) is 1.30. The van der Waals surface area contributed by atoms with Crippen molar-refractivity contribution in [2.75, 3.05) is 0 Å². The number of hydrogen-bond acceptors (Lipinski definition) is 0. The quantitative estimate of drug-likeness (QED) is 0.436. The van der Waals surface area contributed by atoms with Gasteiger partial charge in [-0.25, -0.2) is 0 Å². The van der Waals surface area contributed by atoms with E-state index in [9.17, 15) is 0 Å². The molecular weight excluding hydrogens is 314 g/mol. The highest BCUT2D eigenvalue weighted by Crippen LogP contribution is 2.34. The molecule has 0 bridgehead atoms. The Bertz CT molecular complexity index is 969. The molecule has 1 aromatic heterocycles. The summed E-state index contributed by atoms with van der Waals surface area (Å²) < 4.78 is 0. The number of H-pyrrole nitrogens is 1. The Kier molecular flexibility index (Phi) is 4.62. The van der Waals surface area contributed by atoms with Gasteiger partial charge >= 0.3 is 0 Å². The molecule has 1 unspecified atom stereocenters. The lowest BCUT2D eigenvalue weighted by atomic mass is 9.73. The molecular formula is C25H24N. The van der Waals surface area contributed by atoms with Crippen LogP contribution in [-0.4, -0.2) is 4.98 Å². The second-order valence-corrected chi connectivity index (χ2v) is 7.17. The maximum atomic E-state index is 4.72. The fourth-order valence-corrected chi connectivity index (χ4v) is 3.80. The second-order valence-electron chi connectivity index (χ2n) is 7.17. The monoisotopic (exact) mass is 338 g/mol. The molecule has 1 nitrogen and oxygen atoms in total. The van der Waals surface area contributed by atoms with Gasteiger partial charge in [0.15, 0.2) is 0 Å². The van der Waals surface area contributed by atoms with E-state index >= 15 is 0 Å². The average Bonchev–Trinajstić information content (AvgIpc) is 3.11. The van der Waals surface area contributed by atoms with E-state index < -0.39 is 0 Å². The van der Waals surface area contributed by atoms with E-state index in [1.165, 1.54) is 27.6 Å². The van der Waals surface area contributed by atoms with Gasteiger partial charge in [0.1, 0.15) is 0 Å². The first-order valence-electron chi connectivity index (χ1n) is 9.24. The summed E-state index contributed by atoms with van der Waals surface area (Å²) in [6.45, 7) is 4.72. The summed E-state index contributed by atoms with van der Waals surface area (Å²) in [7, 11) is 0. The number of para-hydroxylation sites is 1. The minimum absolute atomic E-state index is 0.151. The number of benzene rings is 3. The Morgan fingerprint density at radius 2 is 1.42 bits per heavy atom. The summed E-state index contributed by atoms with van der Waals surface area (Å²) in [5.41, 5.74) is 5.06. The van der Waals surface area contributed by atoms with Gasteiger partial charge in [0.25, 0.3) is 0 Å². The molecule has 129 valence electrons. The minimum atomic E-state index is -0.151. The lowest BCUT2D eigenvalue weighted by molar-refractivity contribution is 0.484. The van der Waals surface area contributed by atoms with E-state index in [1.54, 1.807) is 0 Å². The molecule has 26 heavy (non-hydrogen) atoms. The van der Waals surface area contributed by atoms with Crippen molar-refractivity contribution in [3.8, 4) is 0 Å². The predicted octanol–water partition coefficient (Wildman–Crippen LogP) is 6.12. The summed E-state index contributed by atoms with van der Waals surface area (Å²) in [6, 6.07) is 30.0. The van der Waals surface area contributed by atoms with Gasteiger partial charge in [-0.1, -0.05) is 78.9 Å². The van der Waals surface area contributed by atoms with Crippen LogP contribution >= 0.6 is 0 Å². The third kappa shape index (κ3) is 3.43. The molecule has 4 aromatic rings. The van der Waals surface area contributed by atoms with Gasteiger partial charge in [-0.2, -0.15) is 0 Å². The maximum Gasteiger partial charge on any atom is 0.0456 e. The van der Waals surface area contributed by atoms with Crippen LogP contribution < -0.4 is 0 Å². The number of fused-ring (bicyclic) bond motifs is 1. The minimum Gasteiger partial charge on any atom is -0.361 e. The molecule has 0 saturated heterocycles. The lowest BCUT2D eigenvalue weighted by Crippen LogP contribution is -2.26. The number of aromatic amines is 1. The van der Waals surface area contributed by atoms with Crippen LogP contribution in [0, 0.1) is 6.92 Å². The van der Waals surface area contributed by atoms with E-state index in [2.05, 4.69) is 96.1 Å². The first kappa shape index (κ1) is 16.7. The molecule has 1 atom stereocenters. The molecule has 1 heteroatoms. The zero-order chi connectivity index (χ0) is 17.8. The number of aromatic nitrogens is 1. The lowest BCUT2D eigenvalue weighted by Gasteiger charge is -2.30. The highest BCUT2D eigenvalue weighted by Gasteiger charge is 2.28. The van der Waals surface area contributed by atoms with Crippen LogP contribution in [0.1, 0.15) is 23.1 Å². The van der Waals surface area contributed by atoms with E-state index in [-0.39, 0.29) is 5.41 Å². The third-order valence-electron chi connectivity index (χ3n) is 5.32. The van der Waals surface area contributed by atoms with Crippen molar-refractivity contribution in [2.24, 2.45) is 0 Å². The summed E-state index contributed by atoms with van der Waals surface area (Å²) in [6.07, 6.45) is 5.12. The summed E-state index contributed by atoms with van der Waals surface area (Å²) >= 11 is 0. The normalized spacial score (nSPS) is 13.6. The average molecular weight is 338 g/mol. The third-order valence-corrected chi connectivity index (χ3v) is 5.32. The molecule has 3 aromatic carbocycles. The van der Waals surface area contributed by atoms with Crippen LogP contribution in [0.25, 0.3) is 10.9 Å². The van der Waals surface area contributed by atoms with Crippen molar-refractivity contribution in [3.05, 3.63) is 115 Å². The molecule has 1 N–H and O–H groups in total. The van der Waals surface area contributed by atoms with Gasteiger partial charge in [-0.05, 0) is 54.4 Å². The summed E-state index contributed by atoms with van der Waals surface area (Å²) in [5.74, 6) is 0. The van der Waals surface area contributed by atoms with E-state index in [1.807, 2.05) is 0 Å². The van der Waals surface area contributed by atoms with E-state index in [0.29, 0.717) is 0 Å². The van der Waals surface area contributed by atoms with Crippen LogP contribution in [-0.2, 0) is 18.3 Å². The number of aryl methyl sites for hydroxylation is 1. The number of rotatable bonds is 6. The molecule has 0 amide bonds. The largest absolute Gasteiger partial charge is 0.361 e. The zero-order valence-corrected chi connectivity index (χ0v) is 15.0. The molecule has 0 aliphatic rings. The zero-order valence-electron chi connectivity index (χ0n) is 15.0. The molecule has 4 rings (SSSR count). The Morgan fingerprint density at radius 1 is 0.769 bits per heavy atom. The molecule has 0 aliphatic carbocycles. The van der Waals surface area contributed by atoms with E-state index in [4.69, 9.17) is 6.92 Å². The Labute approximate surface area is 155 Å². The van der Waals surface area contributed by atoms with Gasteiger partial charge in [0, 0.05) is 17.1 Å². The standard InChI is InChI=1S/C25H24N/c1-25(22-12-6-3-7-13-22,17-16-20-10-4-2-5-11-20)18-21-19-26-24-15-9-8-14-23(21)24/h2-15,19,26H,1,16-18H2. The van der Waals surface area contributed by atoms with Crippen molar-refractivity contribution in [3.63, 3.8) is 0 Å². The van der Waals surface area contributed by atoms with Gasteiger partial charge < -0.3 is 4.98 Å². The van der Waals surface area contributed by atoms with Gasteiger partial charge in [0.2, 0.25) is 0 Å². The van der Waals surface area contributed by atoms with Gasteiger partial charge in [-0.15, -0.1) is 0 Å². The predicted molar refractivity (Wildman–Crippen MR) is 110 cm³/mol.